The van der Waals surface area contributed by atoms with Crippen molar-refractivity contribution in [2.75, 3.05) is 5.73 Å². The molecule has 0 aliphatic carbocycles. The Kier molecular flexibility index (Phi) is 3.31. The summed E-state index contributed by atoms with van der Waals surface area (Å²) in [6.07, 6.45) is 3.97. The van der Waals surface area contributed by atoms with Crippen molar-refractivity contribution in [1.29, 1.82) is 0 Å². The fourth-order valence-corrected chi connectivity index (χ4v) is 2.78. The molecular weight excluding hydrogens is 322 g/mol. The molecule has 1 aliphatic heterocycles. The Morgan fingerprint density at radius 1 is 1.33 bits per heavy atom. The molecule has 1 atom stereocenters. The third kappa shape index (κ3) is 2.34. The summed E-state index contributed by atoms with van der Waals surface area (Å²) >= 11 is 6.88. The molecule has 0 bridgehead atoms. The van der Waals surface area contributed by atoms with Crippen LogP contribution in [-0.2, 0) is 0 Å². The highest BCUT2D eigenvalue weighted by Gasteiger charge is 2.15. The van der Waals surface area contributed by atoms with Gasteiger partial charge in [0.15, 0.2) is 0 Å². The quantitative estimate of drug-likeness (QED) is 0.776. The second-order valence-electron chi connectivity index (χ2n) is 3.47. The average molecular weight is 333 g/mol. The number of nitrogens with two attached hydrogens (primary N) is 1. The summed E-state index contributed by atoms with van der Waals surface area (Å²) in [7, 11) is 0. The largest absolute Gasteiger partial charge is 0.397 e. The minimum Gasteiger partial charge on any atom is -0.397 e. The zero-order valence-electron chi connectivity index (χ0n) is 8.00. The summed E-state index contributed by atoms with van der Waals surface area (Å²) < 4.78 is 1.84. The number of hydrogen-bond donors (Lipinski definition) is 2. The molecular formula is C10H11Br2N3. The van der Waals surface area contributed by atoms with Gasteiger partial charge in [-0.05, 0) is 62.4 Å². The molecule has 2 rings (SSSR count). The van der Waals surface area contributed by atoms with Crippen molar-refractivity contribution in [3.8, 4) is 0 Å². The zero-order chi connectivity index (χ0) is 10.8. The highest BCUT2D eigenvalue weighted by molar-refractivity contribution is 9.11. The number of benzene rings is 1. The Morgan fingerprint density at radius 3 is 2.53 bits per heavy atom. The van der Waals surface area contributed by atoms with Crippen LogP contribution in [0.15, 0.2) is 26.2 Å². The van der Waals surface area contributed by atoms with E-state index in [4.69, 9.17) is 5.73 Å². The van der Waals surface area contributed by atoms with Crippen LogP contribution in [0.25, 0.3) is 0 Å². The fourth-order valence-electron chi connectivity index (χ4n) is 1.56. The van der Waals surface area contributed by atoms with Gasteiger partial charge in [-0.15, -0.1) is 0 Å². The second-order valence-corrected chi connectivity index (χ2v) is 5.18. The van der Waals surface area contributed by atoms with Crippen LogP contribution in [-0.4, -0.2) is 6.21 Å². The predicted octanol–water partition coefficient (Wildman–Crippen LogP) is 3.20. The molecule has 1 aromatic carbocycles. The van der Waals surface area contributed by atoms with Crippen molar-refractivity contribution in [1.82, 2.24) is 5.43 Å². The van der Waals surface area contributed by atoms with Gasteiger partial charge in [0.05, 0.1) is 11.7 Å². The van der Waals surface area contributed by atoms with E-state index in [9.17, 15) is 0 Å². The third-order valence-corrected chi connectivity index (χ3v) is 3.72. The second kappa shape index (κ2) is 4.53. The number of nitrogens with one attached hydrogen (secondary N) is 1. The molecule has 0 spiro atoms. The van der Waals surface area contributed by atoms with Crippen molar-refractivity contribution in [3.05, 3.63) is 26.6 Å². The molecule has 80 valence electrons. The van der Waals surface area contributed by atoms with Gasteiger partial charge in [-0.3, -0.25) is 0 Å². The molecule has 5 heteroatoms. The monoisotopic (exact) mass is 331 g/mol. The molecule has 15 heavy (non-hydrogen) atoms. The lowest BCUT2D eigenvalue weighted by atomic mass is 10.0. The lowest BCUT2D eigenvalue weighted by Crippen LogP contribution is -2.19. The van der Waals surface area contributed by atoms with Crippen LogP contribution in [0.1, 0.15) is 24.4 Å². The van der Waals surface area contributed by atoms with E-state index in [1.807, 2.05) is 18.3 Å². The minimum absolute atomic E-state index is 0.281. The topological polar surface area (TPSA) is 50.4 Å². The number of rotatable bonds is 1. The molecule has 1 unspecified atom stereocenters. The summed E-state index contributed by atoms with van der Waals surface area (Å²) in [4.78, 5) is 0. The highest BCUT2D eigenvalue weighted by Crippen LogP contribution is 2.33. The van der Waals surface area contributed by atoms with Gasteiger partial charge in [-0.2, -0.15) is 5.10 Å². The smallest absolute Gasteiger partial charge is 0.0693 e. The van der Waals surface area contributed by atoms with Crippen LogP contribution in [0.4, 0.5) is 5.69 Å². The van der Waals surface area contributed by atoms with Crippen molar-refractivity contribution in [2.45, 2.75) is 18.9 Å². The summed E-state index contributed by atoms with van der Waals surface area (Å²) in [5.74, 6) is 0. The first kappa shape index (κ1) is 11.0. The molecule has 0 amide bonds. The van der Waals surface area contributed by atoms with Crippen LogP contribution in [0.5, 0.6) is 0 Å². The lowest BCUT2D eigenvalue weighted by molar-refractivity contribution is 0.509. The Morgan fingerprint density at radius 2 is 2.00 bits per heavy atom. The van der Waals surface area contributed by atoms with Crippen molar-refractivity contribution >= 4 is 43.8 Å². The van der Waals surface area contributed by atoms with E-state index in [-0.39, 0.29) is 6.04 Å². The van der Waals surface area contributed by atoms with Gasteiger partial charge in [0.1, 0.15) is 0 Å². The number of nitrogens with zero attached hydrogens (tertiary/aromatic N) is 1. The van der Waals surface area contributed by atoms with E-state index in [1.54, 1.807) is 0 Å². The first-order chi connectivity index (χ1) is 7.18. The molecule has 0 fully saturated rings. The van der Waals surface area contributed by atoms with Crippen LogP contribution in [0.3, 0.4) is 0 Å². The summed E-state index contributed by atoms with van der Waals surface area (Å²) in [6, 6.07) is 4.36. The van der Waals surface area contributed by atoms with E-state index in [1.165, 1.54) is 5.56 Å². The van der Waals surface area contributed by atoms with E-state index < -0.39 is 0 Å². The van der Waals surface area contributed by atoms with Gasteiger partial charge in [-0.1, -0.05) is 0 Å². The fraction of sp³-hybridized carbons (Fsp3) is 0.300. The Labute approximate surface area is 105 Å². The third-order valence-electron chi connectivity index (χ3n) is 2.41. The van der Waals surface area contributed by atoms with E-state index in [0.717, 1.165) is 27.5 Å². The maximum Gasteiger partial charge on any atom is 0.0693 e. The van der Waals surface area contributed by atoms with Gasteiger partial charge in [0.25, 0.3) is 0 Å². The van der Waals surface area contributed by atoms with Crippen LogP contribution in [0.2, 0.25) is 0 Å². The molecule has 1 heterocycles. The van der Waals surface area contributed by atoms with Gasteiger partial charge in [-0.25, -0.2) is 0 Å². The molecule has 3 N–H and O–H groups in total. The highest BCUT2D eigenvalue weighted by atomic mass is 79.9. The van der Waals surface area contributed by atoms with E-state index in [2.05, 4.69) is 42.4 Å². The molecule has 1 aromatic rings. The minimum atomic E-state index is 0.281. The summed E-state index contributed by atoms with van der Waals surface area (Å²) in [5.41, 5.74) is 10.9. The Hall–Kier alpha value is -0.550. The molecule has 3 nitrogen and oxygen atoms in total. The van der Waals surface area contributed by atoms with Crippen molar-refractivity contribution in [3.63, 3.8) is 0 Å². The first-order valence-electron chi connectivity index (χ1n) is 4.70. The normalized spacial score (nSPS) is 20.0. The standard InChI is InChI=1S/C10H11Br2N3/c11-7-4-6(5-8(12)10(7)13)9-2-1-3-14-15-9/h3-5,9,15H,1-2,13H2. The summed E-state index contributed by atoms with van der Waals surface area (Å²) in [6.45, 7) is 0. The van der Waals surface area contributed by atoms with Gasteiger partial charge in [0.2, 0.25) is 0 Å². The average Bonchev–Trinajstić information content (AvgIpc) is 2.26. The number of nitrogen functional groups attached to an aromatic ring is 1. The van der Waals surface area contributed by atoms with Crippen LogP contribution < -0.4 is 11.2 Å². The number of hydrazone groups is 1. The number of hydrogen-bond acceptors (Lipinski definition) is 3. The number of anilines is 1. The van der Waals surface area contributed by atoms with Gasteiger partial charge >= 0.3 is 0 Å². The maximum absolute atomic E-state index is 5.84. The number of halogens is 2. The zero-order valence-corrected chi connectivity index (χ0v) is 11.2. The molecule has 0 saturated carbocycles. The molecule has 0 saturated heterocycles. The summed E-state index contributed by atoms with van der Waals surface area (Å²) in [5, 5.41) is 4.08. The van der Waals surface area contributed by atoms with E-state index in [0.29, 0.717) is 0 Å². The SMILES string of the molecule is Nc1c(Br)cc(C2CCC=NN2)cc1Br. The van der Waals surface area contributed by atoms with Crippen molar-refractivity contribution < 1.29 is 0 Å². The van der Waals surface area contributed by atoms with Gasteiger partial charge in [0, 0.05) is 15.2 Å². The van der Waals surface area contributed by atoms with E-state index >= 15 is 0 Å². The lowest BCUT2D eigenvalue weighted by Gasteiger charge is -2.20. The Bertz CT molecular complexity index is 381. The van der Waals surface area contributed by atoms with Crippen molar-refractivity contribution in [2.24, 2.45) is 5.10 Å². The first-order valence-corrected chi connectivity index (χ1v) is 6.28. The van der Waals surface area contributed by atoms with Gasteiger partial charge < -0.3 is 11.2 Å². The van der Waals surface area contributed by atoms with Crippen LogP contribution >= 0.6 is 31.9 Å². The van der Waals surface area contributed by atoms with Crippen LogP contribution in [0, 0.1) is 0 Å². The maximum atomic E-state index is 5.84. The molecule has 0 aromatic heterocycles. The Balaban J connectivity index is 2.32. The predicted molar refractivity (Wildman–Crippen MR) is 69.9 cm³/mol. The molecule has 1 aliphatic rings. The molecule has 0 radical (unpaired) electrons.